The smallest absolute Gasteiger partial charge is 0.306 e. The standard InChI is InChI=1S/C16H21NO4S/c1-11-9-17(8-7-14(11)16(19)20)15(18)10-22-13-5-3-12(21-2)4-6-13/h3-6,11,14H,7-10H2,1-2H3,(H,19,20). The average Bonchev–Trinajstić information content (AvgIpc) is 2.52. The number of piperidine rings is 1. The van der Waals surface area contributed by atoms with Crippen molar-refractivity contribution in [3.05, 3.63) is 24.3 Å². The lowest BCUT2D eigenvalue weighted by Gasteiger charge is -2.34. The number of nitrogens with zero attached hydrogens (tertiary/aromatic N) is 1. The second kappa shape index (κ2) is 7.54. The molecule has 1 amide bonds. The Morgan fingerprint density at radius 2 is 2.05 bits per heavy atom. The van der Waals surface area contributed by atoms with Crippen LogP contribution in [0.5, 0.6) is 5.75 Å². The summed E-state index contributed by atoms with van der Waals surface area (Å²) in [4.78, 5) is 26.1. The number of aliphatic carboxylic acids is 1. The Labute approximate surface area is 134 Å². The minimum absolute atomic E-state index is 0.00110. The number of carbonyl (C=O) groups is 2. The summed E-state index contributed by atoms with van der Waals surface area (Å²) in [7, 11) is 1.62. The molecule has 6 heteroatoms. The highest BCUT2D eigenvalue weighted by molar-refractivity contribution is 8.00. The van der Waals surface area contributed by atoms with Gasteiger partial charge in [-0.15, -0.1) is 11.8 Å². The third kappa shape index (κ3) is 4.16. The van der Waals surface area contributed by atoms with Gasteiger partial charge >= 0.3 is 5.97 Å². The molecule has 0 saturated carbocycles. The van der Waals surface area contributed by atoms with Gasteiger partial charge in [0.25, 0.3) is 0 Å². The molecule has 1 fully saturated rings. The van der Waals surface area contributed by atoms with Crippen molar-refractivity contribution < 1.29 is 19.4 Å². The molecule has 22 heavy (non-hydrogen) atoms. The zero-order valence-corrected chi connectivity index (χ0v) is 13.6. The predicted octanol–water partition coefficient (Wildman–Crippen LogP) is 2.36. The Kier molecular flexibility index (Phi) is 5.71. The fourth-order valence-electron chi connectivity index (χ4n) is 2.65. The quantitative estimate of drug-likeness (QED) is 0.843. The molecule has 1 N–H and O–H groups in total. The number of carbonyl (C=O) groups excluding carboxylic acids is 1. The second-order valence-electron chi connectivity index (χ2n) is 5.51. The van der Waals surface area contributed by atoms with Crippen molar-refractivity contribution in [2.75, 3.05) is 26.0 Å². The summed E-state index contributed by atoms with van der Waals surface area (Å²) >= 11 is 1.49. The highest BCUT2D eigenvalue weighted by atomic mass is 32.2. The van der Waals surface area contributed by atoms with Crippen LogP contribution in [0.4, 0.5) is 0 Å². The maximum Gasteiger partial charge on any atom is 0.306 e. The number of likely N-dealkylation sites (tertiary alicyclic amines) is 1. The van der Waals surface area contributed by atoms with Crippen LogP contribution in [0.3, 0.4) is 0 Å². The summed E-state index contributed by atoms with van der Waals surface area (Å²) in [5.74, 6) is 0.139. The molecule has 0 aliphatic carbocycles. The molecule has 0 spiro atoms. The Bertz CT molecular complexity index is 531. The minimum Gasteiger partial charge on any atom is -0.497 e. The van der Waals surface area contributed by atoms with Gasteiger partial charge in [0.05, 0.1) is 18.8 Å². The van der Waals surface area contributed by atoms with Gasteiger partial charge < -0.3 is 14.7 Å². The molecule has 1 saturated heterocycles. The summed E-state index contributed by atoms with van der Waals surface area (Å²) in [5, 5.41) is 9.11. The molecule has 1 aliphatic rings. The molecule has 0 radical (unpaired) electrons. The molecule has 0 bridgehead atoms. The topological polar surface area (TPSA) is 66.8 Å². The van der Waals surface area contributed by atoms with Crippen molar-refractivity contribution in [2.45, 2.75) is 18.2 Å². The number of carboxylic acid groups (broad SMARTS) is 1. The summed E-state index contributed by atoms with van der Waals surface area (Å²) in [6.45, 7) is 2.96. The van der Waals surface area contributed by atoms with Gasteiger partial charge in [-0.3, -0.25) is 9.59 Å². The molecule has 2 rings (SSSR count). The Hall–Kier alpha value is -1.69. The number of rotatable bonds is 5. The van der Waals surface area contributed by atoms with Crippen LogP contribution in [0.2, 0.25) is 0 Å². The second-order valence-corrected chi connectivity index (χ2v) is 6.56. The fourth-order valence-corrected chi connectivity index (χ4v) is 3.45. The van der Waals surface area contributed by atoms with Crippen molar-refractivity contribution in [1.82, 2.24) is 4.90 Å². The van der Waals surface area contributed by atoms with Crippen LogP contribution in [0, 0.1) is 11.8 Å². The average molecular weight is 323 g/mol. The van der Waals surface area contributed by atoms with Crippen molar-refractivity contribution in [3.63, 3.8) is 0 Å². The van der Waals surface area contributed by atoms with Gasteiger partial charge in [-0.2, -0.15) is 0 Å². The van der Waals surface area contributed by atoms with Crippen molar-refractivity contribution in [2.24, 2.45) is 11.8 Å². The Morgan fingerprint density at radius 1 is 1.36 bits per heavy atom. The Morgan fingerprint density at radius 3 is 2.59 bits per heavy atom. The van der Waals surface area contributed by atoms with Crippen molar-refractivity contribution in [3.8, 4) is 5.75 Å². The maximum atomic E-state index is 12.2. The third-order valence-corrected chi connectivity index (χ3v) is 4.99. The first-order valence-electron chi connectivity index (χ1n) is 7.28. The number of thioether (sulfide) groups is 1. The molecular weight excluding hydrogens is 302 g/mol. The van der Waals surface area contributed by atoms with Gasteiger partial charge in [0.15, 0.2) is 0 Å². The summed E-state index contributed by atoms with van der Waals surface area (Å²) in [6.07, 6.45) is 0.537. The first-order valence-corrected chi connectivity index (χ1v) is 8.27. The van der Waals surface area contributed by atoms with E-state index in [0.29, 0.717) is 25.3 Å². The SMILES string of the molecule is COc1ccc(SCC(=O)N2CCC(C(=O)O)C(C)C2)cc1. The molecule has 1 heterocycles. The normalized spacial score (nSPS) is 21.5. The third-order valence-electron chi connectivity index (χ3n) is 4.00. The molecule has 120 valence electrons. The van der Waals surface area contributed by atoms with Crippen LogP contribution in [0.15, 0.2) is 29.2 Å². The summed E-state index contributed by atoms with van der Waals surface area (Å²) < 4.78 is 5.10. The molecule has 1 aromatic rings. The van der Waals surface area contributed by atoms with E-state index in [1.807, 2.05) is 31.2 Å². The predicted molar refractivity (Wildman–Crippen MR) is 85.2 cm³/mol. The fraction of sp³-hybridized carbons (Fsp3) is 0.500. The van der Waals surface area contributed by atoms with Gasteiger partial charge in [-0.1, -0.05) is 6.92 Å². The van der Waals surface area contributed by atoms with E-state index in [1.165, 1.54) is 11.8 Å². The first-order chi connectivity index (χ1) is 10.5. The highest BCUT2D eigenvalue weighted by Crippen LogP contribution is 2.26. The molecule has 2 unspecified atom stereocenters. The number of ether oxygens (including phenoxy) is 1. The number of benzene rings is 1. The van der Waals surface area contributed by atoms with Crippen LogP contribution < -0.4 is 4.74 Å². The zero-order chi connectivity index (χ0) is 16.1. The van der Waals surface area contributed by atoms with Gasteiger partial charge in [0.2, 0.25) is 5.91 Å². The lowest BCUT2D eigenvalue weighted by molar-refractivity contribution is -0.147. The van der Waals surface area contributed by atoms with Crippen LogP contribution in [-0.2, 0) is 9.59 Å². The van der Waals surface area contributed by atoms with E-state index in [0.717, 1.165) is 10.6 Å². The van der Waals surface area contributed by atoms with Crippen molar-refractivity contribution in [1.29, 1.82) is 0 Å². The van der Waals surface area contributed by atoms with E-state index in [1.54, 1.807) is 12.0 Å². The first kappa shape index (κ1) is 16.7. The van der Waals surface area contributed by atoms with Gasteiger partial charge in [0, 0.05) is 18.0 Å². The van der Waals surface area contributed by atoms with Crippen molar-refractivity contribution >= 4 is 23.6 Å². The maximum absolute atomic E-state index is 12.2. The largest absolute Gasteiger partial charge is 0.497 e. The van der Waals surface area contributed by atoms with Crippen LogP contribution >= 0.6 is 11.8 Å². The van der Waals surface area contributed by atoms with E-state index in [-0.39, 0.29) is 17.7 Å². The minimum atomic E-state index is -0.757. The van der Waals surface area contributed by atoms with E-state index in [2.05, 4.69) is 0 Å². The van der Waals surface area contributed by atoms with Gasteiger partial charge in [-0.25, -0.2) is 0 Å². The van der Waals surface area contributed by atoms with Gasteiger partial charge in [-0.05, 0) is 36.6 Å². The zero-order valence-electron chi connectivity index (χ0n) is 12.8. The number of hydrogen-bond acceptors (Lipinski definition) is 4. The molecule has 0 aromatic heterocycles. The number of carboxylic acids is 1. The monoisotopic (exact) mass is 323 g/mol. The molecule has 2 atom stereocenters. The molecule has 5 nitrogen and oxygen atoms in total. The number of methoxy groups -OCH3 is 1. The number of amides is 1. The summed E-state index contributed by atoms with van der Waals surface area (Å²) in [5.41, 5.74) is 0. The van der Waals surface area contributed by atoms with E-state index < -0.39 is 5.97 Å². The molecule has 1 aromatic carbocycles. The van der Waals surface area contributed by atoms with Gasteiger partial charge in [0.1, 0.15) is 5.75 Å². The lowest BCUT2D eigenvalue weighted by Crippen LogP contribution is -2.45. The lowest BCUT2D eigenvalue weighted by atomic mass is 9.87. The Balaban J connectivity index is 1.83. The summed E-state index contributed by atoms with van der Waals surface area (Å²) in [6, 6.07) is 7.59. The molecule has 1 aliphatic heterocycles. The van der Waals surface area contributed by atoms with Crippen LogP contribution in [0.1, 0.15) is 13.3 Å². The van der Waals surface area contributed by atoms with E-state index in [9.17, 15) is 9.59 Å². The van der Waals surface area contributed by atoms with E-state index >= 15 is 0 Å². The molecular formula is C16H21NO4S. The highest BCUT2D eigenvalue weighted by Gasteiger charge is 2.32. The number of hydrogen-bond donors (Lipinski definition) is 1. The van der Waals surface area contributed by atoms with Crippen LogP contribution in [-0.4, -0.2) is 47.8 Å². The van der Waals surface area contributed by atoms with E-state index in [4.69, 9.17) is 9.84 Å². The van der Waals surface area contributed by atoms with Crippen LogP contribution in [0.25, 0.3) is 0 Å².